The van der Waals surface area contributed by atoms with Crippen LogP contribution < -0.4 is 28.4 Å². The number of fused-ring (bicyclic) bond motifs is 8. The molecule has 0 amide bonds. The molecule has 2 aliphatic rings. The average Bonchev–Trinajstić information content (AvgIpc) is 1.59. The van der Waals surface area contributed by atoms with Crippen molar-refractivity contribution in [2.24, 2.45) is 0 Å². The summed E-state index contributed by atoms with van der Waals surface area (Å²) in [5.41, 5.74) is 10.6. The largest absolute Gasteiger partial charge is 0.490 e. The van der Waals surface area contributed by atoms with E-state index in [1.807, 2.05) is 0 Å². The van der Waals surface area contributed by atoms with Crippen molar-refractivity contribution in [3.05, 3.63) is 80.3 Å². The molecule has 0 saturated heterocycles. The zero-order valence-electron chi connectivity index (χ0n) is 66.2. The highest BCUT2D eigenvalue weighted by Crippen LogP contribution is 2.47. The summed E-state index contributed by atoms with van der Waals surface area (Å²) in [5, 5.41) is 0. The SMILES string of the molecule is CCCCCCCCCCOc1cc(-c2c3nc(c(Br)c4ccc([nH]4)c(-c4cc(OCCCCCCCCCC)c(OCCCCCCCCCC)c(OCCCCCCCCCC)c4)c4nc(c(Br)c5ccc2[nH]5)C=C4)C=C3)cc(OCCCCCCCCCC)c1OCCCCCCCCCC. The van der Waals surface area contributed by atoms with Gasteiger partial charge in [0.2, 0.25) is 11.5 Å². The van der Waals surface area contributed by atoms with Gasteiger partial charge < -0.3 is 38.4 Å². The number of nitrogens with one attached hydrogen (secondary N) is 2. The lowest BCUT2D eigenvalue weighted by atomic mass is 10.0. The zero-order valence-corrected chi connectivity index (χ0v) is 69.4. The minimum atomic E-state index is 0.599. The van der Waals surface area contributed by atoms with Crippen LogP contribution in [0.25, 0.3) is 68.6 Å². The number of aromatic nitrogens is 4. The standard InChI is InChI=1S/C92H140Br2N4O6/c1-7-13-19-25-31-37-43-49-63-99-83-69-73(70-84(100-64-50-44-38-32-26-20-14-8-2)91(83)103-67-53-47-41-35-29-23-17-11-5)87-75-55-59-79(95-75)89(93)81-61-57-77(97-81)88(78-58-62-82(98-78)90(94)80-60-56-76(87)96-80)74-71-85(101-65-51-45-39-33-27-21-15-9-3)92(104-68-54-48-42-36-30-24-18-12-6)86(72-74)102-66-52-46-40-34-28-22-16-10-4/h55-62,69-72,95,98H,7-54,63-68H2,1-6H3. The maximum absolute atomic E-state index is 6.99. The lowest BCUT2D eigenvalue weighted by Crippen LogP contribution is -2.07. The van der Waals surface area contributed by atoms with Crippen LogP contribution in [0.4, 0.5) is 0 Å². The van der Waals surface area contributed by atoms with Gasteiger partial charge in [-0.2, -0.15) is 0 Å². The van der Waals surface area contributed by atoms with Gasteiger partial charge in [-0.1, -0.05) is 311 Å². The second-order valence-corrected chi connectivity index (χ2v) is 31.5. The summed E-state index contributed by atoms with van der Waals surface area (Å²) < 4.78 is 43.5. The van der Waals surface area contributed by atoms with Crippen LogP contribution in [0.15, 0.2) is 57.5 Å². The smallest absolute Gasteiger partial charge is 0.203 e. The molecule has 8 bridgehead atoms. The molecular formula is C92H140Br2N4O6. The van der Waals surface area contributed by atoms with E-state index < -0.39 is 0 Å². The van der Waals surface area contributed by atoms with Crippen molar-refractivity contribution < 1.29 is 28.4 Å². The monoisotopic (exact) mass is 1550 g/mol. The Bertz CT molecular complexity index is 3080. The summed E-state index contributed by atoms with van der Waals surface area (Å²) in [4.78, 5) is 18.9. The van der Waals surface area contributed by atoms with Gasteiger partial charge in [0.25, 0.3) is 0 Å². The summed E-state index contributed by atoms with van der Waals surface area (Å²) in [6.07, 6.45) is 67.5. The van der Waals surface area contributed by atoms with Crippen molar-refractivity contribution in [1.82, 2.24) is 19.9 Å². The van der Waals surface area contributed by atoms with Crippen LogP contribution in [-0.4, -0.2) is 59.6 Å². The second-order valence-electron chi connectivity index (χ2n) is 29.9. The van der Waals surface area contributed by atoms with Gasteiger partial charge in [-0.3, -0.25) is 0 Å². The Morgan fingerprint density at radius 3 is 0.692 bits per heavy atom. The fourth-order valence-corrected chi connectivity index (χ4v) is 15.3. The van der Waals surface area contributed by atoms with Crippen LogP contribution in [0, 0.1) is 0 Å². The number of halogens is 2. The number of ether oxygens (including phenoxy) is 6. The predicted molar refractivity (Wildman–Crippen MR) is 454 cm³/mol. The predicted octanol–water partition coefficient (Wildman–Crippen LogP) is 30.6. The third-order valence-electron chi connectivity index (χ3n) is 20.8. The molecule has 0 unspecified atom stereocenters. The summed E-state index contributed by atoms with van der Waals surface area (Å²) >= 11 is 8.27. The first-order chi connectivity index (χ1) is 51.3. The molecule has 104 heavy (non-hydrogen) atoms. The van der Waals surface area contributed by atoms with Gasteiger partial charge in [0.1, 0.15) is 0 Å². The number of unbranched alkanes of at least 4 members (excludes halogenated alkanes) is 42. The van der Waals surface area contributed by atoms with Gasteiger partial charge >= 0.3 is 0 Å². The second kappa shape index (κ2) is 53.6. The molecule has 578 valence electrons. The van der Waals surface area contributed by atoms with Crippen LogP contribution in [0.3, 0.4) is 0 Å². The third kappa shape index (κ3) is 31.2. The first-order valence-corrected chi connectivity index (χ1v) is 44.5. The van der Waals surface area contributed by atoms with E-state index >= 15 is 0 Å². The molecule has 2 N–H and O–H groups in total. The molecule has 0 fully saturated rings. The maximum Gasteiger partial charge on any atom is 0.203 e. The van der Waals surface area contributed by atoms with Gasteiger partial charge in [-0.05, 0) is 154 Å². The molecule has 10 nitrogen and oxygen atoms in total. The molecule has 0 aliphatic carbocycles. The van der Waals surface area contributed by atoms with Gasteiger partial charge in [-0.15, -0.1) is 0 Å². The summed E-state index contributed by atoms with van der Waals surface area (Å²) in [5.74, 6) is 4.30. The van der Waals surface area contributed by atoms with Crippen molar-refractivity contribution in [3.8, 4) is 56.8 Å². The van der Waals surface area contributed by atoms with Gasteiger partial charge in [0.05, 0.1) is 82.4 Å². The molecule has 5 aromatic rings. The number of hydrogen-bond donors (Lipinski definition) is 2. The Kier molecular flexibility index (Phi) is 44.3. The van der Waals surface area contributed by atoms with E-state index in [1.54, 1.807) is 0 Å². The Balaban J connectivity index is 1.32. The van der Waals surface area contributed by atoms with Crippen LogP contribution in [-0.2, 0) is 0 Å². The van der Waals surface area contributed by atoms with E-state index in [4.69, 9.17) is 38.4 Å². The van der Waals surface area contributed by atoms with E-state index in [0.717, 1.165) is 176 Å². The normalized spacial score (nSPS) is 11.9. The summed E-state index contributed by atoms with van der Waals surface area (Å²) in [6, 6.07) is 17.4. The Hall–Kier alpha value is -5.20. The van der Waals surface area contributed by atoms with Gasteiger partial charge in [-0.25, -0.2) is 9.97 Å². The number of H-pyrrole nitrogens is 2. The molecule has 0 saturated carbocycles. The number of benzene rings is 2. The zero-order chi connectivity index (χ0) is 73.3. The minimum Gasteiger partial charge on any atom is -0.490 e. The van der Waals surface area contributed by atoms with Crippen molar-refractivity contribution in [3.63, 3.8) is 0 Å². The molecule has 3 aromatic heterocycles. The fourth-order valence-electron chi connectivity index (χ4n) is 14.4. The Morgan fingerprint density at radius 2 is 0.452 bits per heavy atom. The number of hydrogen-bond acceptors (Lipinski definition) is 8. The maximum atomic E-state index is 6.99. The Morgan fingerprint density at radius 1 is 0.250 bits per heavy atom. The van der Waals surface area contributed by atoms with Crippen molar-refractivity contribution in [2.45, 2.75) is 350 Å². The average molecular weight is 1560 g/mol. The highest BCUT2D eigenvalue weighted by Gasteiger charge is 2.24. The van der Waals surface area contributed by atoms with Crippen molar-refractivity contribution >= 4 is 78.2 Å². The number of aromatic amines is 2. The molecule has 2 aliphatic heterocycles. The quantitative estimate of drug-likeness (QED) is 0.0363. The van der Waals surface area contributed by atoms with Crippen LogP contribution in [0.2, 0.25) is 0 Å². The summed E-state index contributed by atoms with van der Waals surface area (Å²) in [6.45, 7) is 17.3. The molecule has 2 aromatic carbocycles. The van der Waals surface area contributed by atoms with Crippen molar-refractivity contribution in [1.29, 1.82) is 0 Å². The highest BCUT2D eigenvalue weighted by atomic mass is 79.9. The van der Waals surface area contributed by atoms with E-state index in [-0.39, 0.29) is 0 Å². The lowest BCUT2D eigenvalue weighted by Gasteiger charge is -2.19. The molecule has 0 spiro atoms. The molecule has 5 heterocycles. The van der Waals surface area contributed by atoms with Gasteiger partial charge in [0, 0.05) is 22.2 Å². The Labute approximate surface area is 648 Å². The summed E-state index contributed by atoms with van der Waals surface area (Å²) in [7, 11) is 0. The van der Waals surface area contributed by atoms with E-state index in [9.17, 15) is 0 Å². The topological polar surface area (TPSA) is 113 Å². The third-order valence-corrected chi connectivity index (χ3v) is 22.4. The van der Waals surface area contributed by atoms with Crippen molar-refractivity contribution in [2.75, 3.05) is 39.6 Å². The number of rotatable bonds is 62. The first-order valence-electron chi connectivity index (χ1n) is 42.9. The minimum absolute atomic E-state index is 0.599. The van der Waals surface area contributed by atoms with Crippen LogP contribution in [0.1, 0.15) is 373 Å². The molecular weight excluding hydrogens is 1420 g/mol. The molecule has 0 atom stereocenters. The molecule has 12 heteroatoms. The first kappa shape index (κ1) is 86.0. The van der Waals surface area contributed by atoms with Crippen LogP contribution >= 0.6 is 31.9 Å². The molecule has 7 rings (SSSR count). The van der Waals surface area contributed by atoms with E-state index in [1.165, 1.54) is 231 Å². The fraction of sp³-hybridized carbons (Fsp3) is 0.652. The van der Waals surface area contributed by atoms with Gasteiger partial charge in [0.15, 0.2) is 23.0 Å². The molecule has 0 radical (unpaired) electrons. The number of nitrogens with zero attached hydrogens (tertiary/aromatic N) is 2. The van der Waals surface area contributed by atoms with E-state index in [0.29, 0.717) is 51.1 Å². The van der Waals surface area contributed by atoms with Crippen LogP contribution in [0.5, 0.6) is 34.5 Å². The highest BCUT2D eigenvalue weighted by molar-refractivity contribution is 9.11. The van der Waals surface area contributed by atoms with E-state index in [2.05, 4.69) is 156 Å². The lowest BCUT2D eigenvalue weighted by molar-refractivity contribution is 0.234.